The van der Waals surface area contributed by atoms with Gasteiger partial charge in [0.05, 0.1) is 27.7 Å². The highest BCUT2D eigenvalue weighted by Crippen LogP contribution is 2.34. The molecule has 136 valence electrons. The quantitative estimate of drug-likeness (QED) is 0.539. The van der Waals surface area contributed by atoms with Crippen LogP contribution >= 0.6 is 23.2 Å². The standard InChI is InChI=1S/C17H10Cl2F3NO3/c18-12-3-1-9(5-13(12)19)8-23-14-4-2-11(17(20,21)22)6-10(14)7-15(23)26-16(24)25/h1-7H,8H2,(H,24,25). The van der Waals surface area contributed by atoms with Crippen LogP contribution in [0.2, 0.25) is 10.0 Å². The van der Waals surface area contributed by atoms with E-state index in [9.17, 15) is 18.0 Å². The second-order valence-electron chi connectivity index (χ2n) is 5.46. The normalized spacial score (nSPS) is 11.7. The van der Waals surface area contributed by atoms with Crippen molar-refractivity contribution in [2.45, 2.75) is 12.7 Å². The van der Waals surface area contributed by atoms with Crippen molar-refractivity contribution < 1.29 is 27.8 Å². The van der Waals surface area contributed by atoms with Gasteiger partial charge in [0.25, 0.3) is 0 Å². The maximum Gasteiger partial charge on any atom is 0.512 e. The first-order valence-electron chi connectivity index (χ1n) is 7.20. The van der Waals surface area contributed by atoms with Gasteiger partial charge in [0.1, 0.15) is 0 Å². The predicted molar refractivity (Wildman–Crippen MR) is 91.2 cm³/mol. The van der Waals surface area contributed by atoms with Gasteiger partial charge in [0.15, 0.2) is 0 Å². The lowest BCUT2D eigenvalue weighted by atomic mass is 10.1. The third-order valence-corrected chi connectivity index (χ3v) is 4.45. The molecule has 0 aliphatic carbocycles. The largest absolute Gasteiger partial charge is 0.512 e. The van der Waals surface area contributed by atoms with Gasteiger partial charge in [-0.15, -0.1) is 0 Å². The second-order valence-corrected chi connectivity index (χ2v) is 6.27. The highest BCUT2D eigenvalue weighted by molar-refractivity contribution is 6.42. The summed E-state index contributed by atoms with van der Waals surface area (Å²) in [5, 5.41) is 9.76. The van der Waals surface area contributed by atoms with Gasteiger partial charge >= 0.3 is 12.3 Å². The van der Waals surface area contributed by atoms with Crippen molar-refractivity contribution in [1.82, 2.24) is 4.57 Å². The Hall–Kier alpha value is -2.38. The summed E-state index contributed by atoms with van der Waals surface area (Å²) >= 11 is 11.8. The van der Waals surface area contributed by atoms with Crippen LogP contribution < -0.4 is 4.74 Å². The number of nitrogens with zero attached hydrogens (tertiary/aromatic N) is 1. The molecular formula is C17H10Cl2F3NO3. The van der Waals surface area contributed by atoms with E-state index in [1.54, 1.807) is 18.2 Å². The number of rotatable bonds is 3. The maximum absolute atomic E-state index is 12.9. The lowest BCUT2D eigenvalue weighted by Crippen LogP contribution is -2.09. The summed E-state index contributed by atoms with van der Waals surface area (Å²) in [6.45, 7) is 0.133. The van der Waals surface area contributed by atoms with Crippen LogP contribution in [0.15, 0.2) is 42.5 Å². The maximum atomic E-state index is 12.9. The first-order chi connectivity index (χ1) is 12.1. The molecule has 26 heavy (non-hydrogen) atoms. The third kappa shape index (κ3) is 3.73. The molecule has 4 nitrogen and oxygen atoms in total. The second kappa shape index (κ2) is 6.74. The zero-order valence-electron chi connectivity index (χ0n) is 12.8. The highest BCUT2D eigenvalue weighted by Gasteiger charge is 2.31. The van der Waals surface area contributed by atoms with Crippen LogP contribution in [0.25, 0.3) is 10.9 Å². The Labute approximate surface area is 155 Å². The molecular weight excluding hydrogens is 394 g/mol. The molecule has 1 N–H and O–H groups in total. The molecule has 0 bridgehead atoms. The number of aromatic nitrogens is 1. The van der Waals surface area contributed by atoms with E-state index in [-0.39, 0.29) is 17.8 Å². The van der Waals surface area contributed by atoms with Crippen LogP contribution in [0.1, 0.15) is 11.1 Å². The average Bonchev–Trinajstić information content (AvgIpc) is 2.86. The molecule has 9 heteroatoms. The van der Waals surface area contributed by atoms with Crippen molar-refractivity contribution >= 4 is 40.3 Å². The van der Waals surface area contributed by atoms with E-state index in [1.807, 2.05) is 0 Å². The Kier molecular flexibility index (Phi) is 4.77. The van der Waals surface area contributed by atoms with E-state index < -0.39 is 17.9 Å². The van der Waals surface area contributed by atoms with Crippen LogP contribution in [0.4, 0.5) is 18.0 Å². The summed E-state index contributed by atoms with van der Waals surface area (Å²) in [6, 6.07) is 9.22. The minimum atomic E-state index is -4.51. The number of carboxylic acid groups (broad SMARTS) is 1. The number of carbonyl (C=O) groups is 1. The Morgan fingerprint density at radius 2 is 1.81 bits per heavy atom. The fraction of sp³-hybridized carbons (Fsp3) is 0.118. The summed E-state index contributed by atoms with van der Waals surface area (Å²) in [7, 11) is 0. The SMILES string of the molecule is O=C(O)Oc1cc2cc(C(F)(F)F)ccc2n1Cc1ccc(Cl)c(Cl)c1. The van der Waals surface area contributed by atoms with Gasteiger partial charge in [0, 0.05) is 11.5 Å². The Morgan fingerprint density at radius 3 is 2.42 bits per heavy atom. The fourth-order valence-corrected chi connectivity index (χ4v) is 2.90. The summed E-state index contributed by atoms with van der Waals surface area (Å²) in [5.41, 5.74) is 0.228. The molecule has 3 rings (SSSR count). The molecule has 1 aromatic heterocycles. The molecule has 0 amide bonds. The van der Waals surface area contributed by atoms with Crippen molar-refractivity contribution in [3.05, 3.63) is 63.6 Å². The number of ether oxygens (including phenoxy) is 1. The summed E-state index contributed by atoms with van der Waals surface area (Å²) in [4.78, 5) is 10.9. The molecule has 0 aliphatic heterocycles. The minimum absolute atomic E-state index is 0.0992. The van der Waals surface area contributed by atoms with Crippen molar-refractivity contribution in [3.8, 4) is 5.88 Å². The molecule has 3 aromatic rings. The van der Waals surface area contributed by atoms with Gasteiger partial charge in [-0.3, -0.25) is 0 Å². The van der Waals surface area contributed by atoms with Crippen molar-refractivity contribution in [1.29, 1.82) is 0 Å². The number of alkyl halides is 3. The van der Waals surface area contributed by atoms with Crippen LogP contribution in [0, 0.1) is 0 Å². The lowest BCUT2D eigenvalue weighted by molar-refractivity contribution is -0.137. The zero-order chi connectivity index (χ0) is 19.1. The lowest BCUT2D eigenvalue weighted by Gasteiger charge is -2.11. The van der Waals surface area contributed by atoms with Crippen molar-refractivity contribution in [2.24, 2.45) is 0 Å². The molecule has 0 fully saturated rings. The van der Waals surface area contributed by atoms with Gasteiger partial charge in [-0.05, 0) is 35.9 Å². The Balaban J connectivity index is 2.11. The van der Waals surface area contributed by atoms with Crippen molar-refractivity contribution in [2.75, 3.05) is 0 Å². The molecule has 0 spiro atoms. The van der Waals surface area contributed by atoms with Crippen LogP contribution in [-0.2, 0) is 12.7 Å². The molecule has 2 aromatic carbocycles. The third-order valence-electron chi connectivity index (χ3n) is 3.71. The topological polar surface area (TPSA) is 51.5 Å². The summed E-state index contributed by atoms with van der Waals surface area (Å²) < 4.78 is 44.9. The van der Waals surface area contributed by atoms with Crippen molar-refractivity contribution in [3.63, 3.8) is 0 Å². The van der Waals surface area contributed by atoms with E-state index in [4.69, 9.17) is 33.0 Å². The molecule has 0 saturated heterocycles. The average molecular weight is 404 g/mol. The van der Waals surface area contributed by atoms with E-state index in [0.29, 0.717) is 21.1 Å². The van der Waals surface area contributed by atoms with Crippen LogP contribution in [0.3, 0.4) is 0 Å². The Morgan fingerprint density at radius 1 is 1.08 bits per heavy atom. The molecule has 0 unspecified atom stereocenters. The summed E-state index contributed by atoms with van der Waals surface area (Å²) in [6.07, 6.45) is -6.08. The molecule has 1 heterocycles. The van der Waals surface area contributed by atoms with E-state index >= 15 is 0 Å². The number of hydrogen-bond acceptors (Lipinski definition) is 2. The highest BCUT2D eigenvalue weighted by atomic mass is 35.5. The zero-order valence-corrected chi connectivity index (χ0v) is 14.4. The summed E-state index contributed by atoms with van der Waals surface area (Å²) in [5.74, 6) is -0.0992. The van der Waals surface area contributed by atoms with Crippen LogP contribution in [0.5, 0.6) is 5.88 Å². The molecule has 0 radical (unpaired) electrons. The first-order valence-corrected chi connectivity index (χ1v) is 7.96. The monoisotopic (exact) mass is 403 g/mol. The van der Waals surface area contributed by atoms with Gasteiger partial charge in [-0.25, -0.2) is 4.79 Å². The number of halogens is 5. The molecule has 0 atom stereocenters. The number of hydrogen-bond donors (Lipinski definition) is 1. The number of fused-ring (bicyclic) bond motifs is 1. The van der Waals surface area contributed by atoms with Gasteiger partial charge in [-0.1, -0.05) is 29.3 Å². The fourth-order valence-electron chi connectivity index (χ4n) is 2.58. The van der Waals surface area contributed by atoms with Gasteiger partial charge in [0.2, 0.25) is 5.88 Å². The van der Waals surface area contributed by atoms with Crippen LogP contribution in [-0.4, -0.2) is 15.8 Å². The minimum Gasteiger partial charge on any atom is -0.449 e. The molecule has 0 saturated carbocycles. The predicted octanol–water partition coefficient (Wildman–Crippen LogP) is 6.07. The Bertz CT molecular complexity index is 999. The van der Waals surface area contributed by atoms with Gasteiger partial charge in [-0.2, -0.15) is 13.2 Å². The number of benzene rings is 2. The van der Waals surface area contributed by atoms with E-state index in [1.165, 1.54) is 16.7 Å². The van der Waals surface area contributed by atoms with E-state index in [0.717, 1.165) is 12.1 Å². The smallest absolute Gasteiger partial charge is 0.449 e. The van der Waals surface area contributed by atoms with Gasteiger partial charge < -0.3 is 14.4 Å². The molecule has 0 aliphatic rings. The first kappa shape index (κ1) is 18.4. The van der Waals surface area contributed by atoms with E-state index in [2.05, 4.69) is 0 Å².